The minimum Gasteiger partial charge on any atom is -0.359 e. The van der Waals surface area contributed by atoms with Crippen LogP contribution in [-0.4, -0.2) is 36.4 Å². The fourth-order valence-corrected chi connectivity index (χ4v) is 1.91. The van der Waals surface area contributed by atoms with Crippen molar-refractivity contribution in [3.63, 3.8) is 0 Å². The molecule has 0 radical (unpaired) electrons. The Morgan fingerprint density at radius 2 is 2.35 bits per heavy atom. The first-order valence-corrected chi connectivity index (χ1v) is 5.91. The van der Waals surface area contributed by atoms with Crippen molar-refractivity contribution in [3.8, 4) is 0 Å². The van der Waals surface area contributed by atoms with Crippen LogP contribution in [0.3, 0.4) is 0 Å². The number of rotatable bonds is 5. The Bertz CT molecular complexity index is 384. The molecule has 1 N–H and O–H groups in total. The van der Waals surface area contributed by atoms with Crippen LogP contribution in [0.25, 0.3) is 0 Å². The third kappa shape index (κ3) is 4.71. The molecule has 0 aromatic carbocycles. The van der Waals surface area contributed by atoms with Gasteiger partial charge in [-0.2, -0.15) is 0 Å². The van der Waals surface area contributed by atoms with Gasteiger partial charge in [0.25, 0.3) is 0 Å². The van der Waals surface area contributed by atoms with E-state index in [2.05, 4.69) is 15.2 Å². The molecule has 0 fully saturated rings. The zero-order valence-corrected chi connectivity index (χ0v) is 11.2. The van der Waals surface area contributed by atoms with E-state index in [4.69, 9.17) is 11.6 Å². The summed E-state index contributed by atoms with van der Waals surface area (Å²) in [5, 5.41) is 3.14. The maximum Gasteiger partial charge on any atom is 0.223 e. The molecule has 1 atom stereocenters. The van der Waals surface area contributed by atoms with Gasteiger partial charge in [0.1, 0.15) is 5.15 Å². The van der Waals surface area contributed by atoms with Crippen molar-refractivity contribution in [2.75, 3.05) is 20.6 Å². The van der Waals surface area contributed by atoms with Crippen LogP contribution in [0.5, 0.6) is 0 Å². The summed E-state index contributed by atoms with van der Waals surface area (Å²) in [7, 11) is 3.63. The zero-order chi connectivity index (χ0) is 12.8. The van der Waals surface area contributed by atoms with Crippen molar-refractivity contribution in [3.05, 3.63) is 29.0 Å². The predicted octanol–water partition coefficient (Wildman–Crippen LogP) is 1.55. The molecular formula is C12H18ClN3O. The highest BCUT2D eigenvalue weighted by molar-refractivity contribution is 6.29. The lowest BCUT2D eigenvalue weighted by molar-refractivity contribution is -0.124. The van der Waals surface area contributed by atoms with Crippen molar-refractivity contribution in [2.45, 2.75) is 13.5 Å². The SMILES string of the molecule is CNC(=O)C(C)CN(C)Cc1ccnc(Cl)c1. The fourth-order valence-electron chi connectivity index (χ4n) is 1.71. The standard InChI is InChI=1S/C12H18ClN3O/c1-9(12(17)14-2)7-16(3)8-10-4-5-15-11(13)6-10/h4-6,9H,7-8H2,1-3H3,(H,14,17). The van der Waals surface area contributed by atoms with Gasteiger partial charge in [-0.1, -0.05) is 18.5 Å². The van der Waals surface area contributed by atoms with E-state index in [0.29, 0.717) is 11.7 Å². The highest BCUT2D eigenvalue weighted by Gasteiger charge is 2.13. The van der Waals surface area contributed by atoms with Crippen LogP contribution in [0.1, 0.15) is 12.5 Å². The summed E-state index contributed by atoms with van der Waals surface area (Å²) in [6, 6.07) is 3.76. The van der Waals surface area contributed by atoms with Gasteiger partial charge in [-0.15, -0.1) is 0 Å². The van der Waals surface area contributed by atoms with Crippen LogP contribution in [0.4, 0.5) is 0 Å². The maximum atomic E-state index is 11.4. The third-order valence-electron chi connectivity index (χ3n) is 2.52. The second-order valence-electron chi connectivity index (χ2n) is 4.20. The highest BCUT2D eigenvalue weighted by atomic mass is 35.5. The minimum absolute atomic E-state index is 0.0256. The molecule has 0 aliphatic rings. The number of carbonyl (C=O) groups is 1. The fraction of sp³-hybridized carbons (Fsp3) is 0.500. The molecule has 1 aromatic rings. The van der Waals surface area contributed by atoms with E-state index in [0.717, 1.165) is 12.1 Å². The Morgan fingerprint density at radius 1 is 1.65 bits per heavy atom. The Kier molecular flexibility index (Phi) is 5.38. The van der Waals surface area contributed by atoms with Gasteiger partial charge in [-0.3, -0.25) is 4.79 Å². The molecule has 1 unspecified atom stereocenters. The van der Waals surface area contributed by atoms with E-state index in [9.17, 15) is 4.79 Å². The van der Waals surface area contributed by atoms with E-state index in [1.807, 2.05) is 26.1 Å². The number of pyridine rings is 1. The normalized spacial score (nSPS) is 12.5. The first-order valence-electron chi connectivity index (χ1n) is 5.53. The molecule has 0 saturated heterocycles. The summed E-state index contributed by atoms with van der Waals surface area (Å²) in [4.78, 5) is 17.4. The summed E-state index contributed by atoms with van der Waals surface area (Å²) in [5.41, 5.74) is 1.09. The lowest BCUT2D eigenvalue weighted by Gasteiger charge is -2.20. The largest absolute Gasteiger partial charge is 0.359 e. The quantitative estimate of drug-likeness (QED) is 0.812. The van der Waals surface area contributed by atoms with E-state index in [1.165, 1.54) is 0 Å². The van der Waals surface area contributed by atoms with Crippen molar-refractivity contribution in [2.24, 2.45) is 5.92 Å². The van der Waals surface area contributed by atoms with Gasteiger partial charge in [-0.25, -0.2) is 4.98 Å². The summed E-state index contributed by atoms with van der Waals surface area (Å²) < 4.78 is 0. The molecule has 0 spiro atoms. The van der Waals surface area contributed by atoms with Gasteiger partial charge in [0, 0.05) is 32.3 Å². The van der Waals surface area contributed by atoms with E-state index in [-0.39, 0.29) is 11.8 Å². The van der Waals surface area contributed by atoms with E-state index < -0.39 is 0 Å². The number of hydrogen-bond donors (Lipinski definition) is 1. The number of aromatic nitrogens is 1. The molecule has 1 heterocycles. The average molecular weight is 256 g/mol. The maximum absolute atomic E-state index is 11.4. The van der Waals surface area contributed by atoms with Crippen molar-refractivity contribution < 1.29 is 4.79 Å². The second-order valence-corrected chi connectivity index (χ2v) is 4.59. The van der Waals surface area contributed by atoms with Gasteiger partial charge in [0.15, 0.2) is 0 Å². The number of halogens is 1. The zero-order valence-electron chi connectivity index (χ0n) is 10.4. The Hall–Kier alpha value is -1.13. The van der Waals surface area contributed by atoms with Gasteiger partial charge in [0.2, 0.25) is 5.91 Å². The lowest BCUT2D eigenvalue weighted by atomic mass is 10.1. The molecule has 1 aromatic heterocycles. The van der Waals surface area contributed by atoms with Crippen molar-refractivity contribution in [1.82, 2.24) is 15.2 Å². The molecule has 1 rings (SSSR count). The molecule has 1 amide bonds. The van der Waals surface area contributed by atoms with Crippen molar-refractivity contribution >= 4 is 17.5 Å². The summed E-state index contributed by atoms with van der Waals surface area (Å²) >= 11 is 5.81. The number of nitrogens with one attached hydrogen (secondary N) is 1. The summed E-state index contributed by atoms with van der Waals surface area (Å²) in [6.45, 7) is 3.37. The molecule has 0 aliphatic carbocycles. The lowest BCUT2D eigenvalue weighted by Crippen LogP contribution is -2.34. The highest BCUT2D eigenvalue weighted by Crippen LogP contribution is 2.10. The van der Waals surface area contributed by atoms with Crippen LogP contribution in [-0.2, 0) is 11.3 Å². The first-order chi connectivity index (χ1) is 8.02. The average Bonchev–Trinajstić information content (AvgIpc) is 2.27. The molecule has 0 aliphatic heterocycles. The van der Waals surface area contributed by atoms with Crippen LogP contribution in [0, 0.1) is 5.92 Å². The van der Waals surface area contributed by atoms with E-state index >= 15 is 0 Å². The molecule has 4 nitrogen and oxygen atoms in total. The molecule has 5 heteroatoms. The molecule has 17 heavy (non-hydrogen) atoms. The molecular weight excluding hydrogens is 238 g/mol. The van der Waals surface area contributed by atoms with Crippen LogP contribution in [0.15, 0.2) is 18.3 Å². The number of hydrogen-bond acceptors (Lipinski definition) is 3. The van der Waals surface area contributed by atoms with Gasteiger partial charge in [0.05, 0.1) is 0 Å². The van der Waals surface area contributed by atoms with Crippen LogP contribution in [0.2, 0.25) is 5.15 Å². The number of amides is 1. The van der Waals surface area contributed by atoms with Gasteiger partial charge < -0.3 is 10.2 Å². The Morgan fingerprint density at radius 3 is 2.94 bits per heavy atom. The van der Waals surface area contributed by atoms with Gasteiger partial charge >= 0.3 is 0 Å². The Labute approximate surface area is 107 Å². The molecule has 0 saturated carbocycles. The van der Waals surface area contributed by atoms with Crippen molar-refractivity contribution in [1.29, 1.82) is 0 Å². The number of nitrogens with zero attached hydrogens (tertiary/aromatic N) is 2. The minimum atomic E-state index is -0.0256. The van der Waals surface area contributed by atoms with Crippen LogP contribution >= 0.6 is 11.6 Å². The van der Waals surface area contributed by atoms with E-state index in [1.54, 1.807) is 13.2 Å². The first kappa shape index (κ1) is 13.9. The topological polar surface area (TPSA) is 45.2 Å². The second kappa shape index (κ2) is 6.57. The summed E-state index contributed by atoms with van der Waals surface area (Å²) in [5.74, 6) is 0.0342. The Balaban J connectivity index is 2.49. The monoisotopic (exact) mass is 255 g/mol. The predicted molar refractivity (Wildman–Crippen MR) is 68.8 cm³/mol. The van der Waals surface area contributed by atoms with Gasteiger partial charge in [-0.05, 0) is 24.7 Å². The summed E-state index contributed by atoms with van der Waals surface area (Å²) in [6.07, 6.45) is 1.69. The smallest absolute Gasteiger partial charge is 0.223 e. The van der Waals surface area contributed by atoms with Crippen LogP contribution < -0.4 is 5.32 Å². The third-order valence-corrected chi connectivity index (χ3v) is 2.73. The molecule has 0 bridgehead atoms. The number of carbonyl (C=O) groups excluding carboxylic acids is 1. The molecule has 94 valence electrons.